The lowest BCUT2D eigenvalue weighted by atomic mass is 10.2. The molecule has 0 aliphatic carbocycles. The van der Waals surface area contributed by atoms with Crippen LogP contribution in [0, 0.1) is 0 Å². The minimum atomic E-state index is 0.363. The van der Waals surface area contributed by atoms with Gasteiger partial charge in [-0.3, -0.25) is 9.59 Å². The van der Waals surface area contributed by atoms with Gasteiger partial charge >= 0.3 is 0 Å². The molecule has 0 rings (SSSR count). The largest absolute Gasteiger partial charge is 0.287 e. The molecule has 148 valence electrons. The minimum absolute atomic E-state index is 0.363. The van der Waals surface area contributed by atoms with Gasteiger partial charge in [0.15, 0.2) is 10.2 Å². The summed E-state index contributed by atoms with van der Waals surface area (Å²) in [6.45, 7) is 4.33. The van der Waals surface area contributed by atoms with E-state index in [9.17, 15) is 9.59 Å². The molecule has 0 heterocycles. The number of carbonyl (C=O) groups is 2. The van der Waals surface area contributed by atoms with E-state index in [1.54, 1.807) is 0 Å². The number of carbonyl (C=O) groups excluding carboxylic acids is 2. The van der Waals surface area contributed by atoms with E-state index in [2.05, 4.69) is 13.8 Å². The first-order valence-electron chi connectivity index (χ1n) is 9.43. The second-order valence-electron chi connectivity index (χ2n) is 5.77. The topological polar surface area (TPSA) is 34.1 Å². The molecular formula is C18H34O2S5. The molecule has 0 aliphatic rings. The molecule has 0 amide bonds. The Hall–Kier alpha value is 1.09. The molecule has 0 saturated carbocycles. The van der Waals surface area contributed by atoms with Gasteiger partial charge in [0.05, 0.1) is 0 Å². The summed E-state index contributed by atoms with van der Waals surface area (Å²) in [5.41, 5.74) is 0. The Kier molecular flexibility index (Phi) is 22.3. The first-order valence-corrected chi connectivity index (χ1v) is 15.2. The van der Waals surface area contributed by atoms with Crippen LogP contribution in [0.5, 0.6) is 0 Å². The summed E-state index contributed by atoms with van der Waals surface area (Å²) < 4.78 is 0. The highest BCUT2D eigenvalue weighted by Crippen LogP contribution is 2.35. The van der Waals surface area contributed by atoms with Gasteiger partial charge in [-0.1, -0.05) is 84.6 Å². The predicted octanol–water partition coefficient (Wildman–Crippen LogP) is 7.48. The van der Waals surface area contributed by atoms with Crippen molar-refractivity contribution in [3.8, 4) is 0 Å². The molecule has 2 nitrogen and oxygen atoms in total. The molecule has 0 fully saturated rings. The number of hydrogen-bond acceptors (Lipinski definition) is 7. The Labute approximate surface area is 175 Å². The minimum Gasteiger partial charge on any atom is -0.287 e. The summed E-state index contributed by atoms with van der Waals surface area (Å²) in [5.74, 6) is 4.13. The van der Waals surface area contributed by atoms with Crippen molar-refractivity contribution >= 4 is 65.2 Å². The molecule has 0 aromatic carbocycles. The third-order valence-corrected chi connectivity index (χ3v) is 9.79. The predicted molar refractivity (Wildman–Crippen MR) is 125 cm³/mol. The van der Waals surface area contributed by atoms with Crippen LogP contribution in [0.3, 0.4) is 0 Å². The number of rotatable bonds is 18. The molecule has 0 aromatic rings. The summed E-state index contributed by atoms with van der Waals surface area (Å²) in [5, 5.41) is 0.726. The standard InChI is InChI=1S/C18H34O2S5/c1-3-5-7-11-17(19)21-13-9-15-23-25-24-16-10-14-22-18(20)12-8-6-4-2/h3-16H2,1-2H3. The average molecular weight is 443 g/mol. The normalized spacial score (nSPS) is 11.0. The molecule has 0 atom stereocenters. The summed E-state index contributed by atoms with van der Waals surface area (Å²) in [4.78, 5) is 23.2. The van der Waals surface area contributed by atoms with E-state index in [0.717, 1.165) is 61.5 Å². The Morgan fingerprint density at radius 1 is 0.600 bits per heavy atom. The quantitative estimate of drug-likeness (QED) is 0.161. The Bertz CT molecular complexity index is 297. The highest BCUT2D eigenvalue weighted by atomic mass is 33.5. The fraction of sp³-hybridized carbons (Fsp3) is 0.889. The fourth-order valence-corrected chi connectivity index (χ4v) is 7.75. The molecule has 0 N–H and O–H groups in total. The van der Waals surface area contributed by atoms with Crippen LogP contribution in [0.4, 0.5) is 0 Å². The Morgan fingerprint density at radius 3 is 1.44 bits per heavy atom. The van der Waals surface area contributed by atoms with Crippen LogP contribution in [-0.4, -0.2) is 33.2 Å². The number of unbranched alkanes of at least 4 members (excludes halogenated alkanes) is 4. The molecule has 0 aliphatic heterocycles. The molecule has 7 heteroatoms. The average Bonchev–Trinajstić information content (AvgIpc) is 2.60. The molecule has 0 radical (unpaired) electrons. The highest BCUT2D eigenvalue weighted by molar-refractivity contribution is 9.09. The van der Waals surface area contributed by atoms with E-state index in [4.69, 9.17) is 0 Å². The third-order valence-electron chi connectivity index (χ3n) is 3.34. The van der Waals surface area contributed by atoms with Crippen LogP contribution < -0.4 is 0 Å². The molecule has 0 bridgehead atoms. The van der Waals surface area contributed by atoms with Gasteiger partial charge in [0.2, 0.25) is 0 Å². The maximum atomic E-state index is 11.6. The highest BCUT2D eigenvalue weighted by Gasteiger charge is 2.03. The smallest absolute Gasteiger partial charge is 0.188 e. The summed E-state index contributed by atoms with van der Waals surface area (Å²) in [7, 11) is 5.62. The van der Waals surface area contributed by atoms with E-state index < -0.39 is 0 Å². The second kappa shape index (κ2) is 21.4. The zero-order chi connectivity index (χ0) is 18.6. The first kappa shape index (κ1) is 26.1. The van der Waals surface area contributed by atoms with Crippen molar-refractivity contribution < 1.29 is 9.59 Å². The molecule has 0 aromatic heterocycles. The van der Waals surface area contributed by atoms with Crippen LogP contribution >= 0.6 is 54.9 Å². The van der Waals surface area contributed by atoms with Crippen molar-refractivity contribution in [3.63, 3.8) is 0 Å². The number of hydrogen-bond donors (Lipinski definition) is 0. The van der Waals surface area contributed by atoms with Crippen LogP contribution in [0.1, 0.15) is 78.1 Å². The van der Waals surface area contributed by atoms with Crippen molar-refractivity contribution in [2.75, 3.05) is 23.0 Å². The van der Waals surface area contributed by atoms with Crippen molar-refractivity contribution in [1.29, 1.82) is 0 Å². The summed E-state index contributed by atoms with van der Waals surface area (Å²) in [6.07, 6.45) is 10.5. The monoisotopic (exact) mass is 442 g/mol. The van der Waals surface area contributed by atoms with Gasteiger partial charge in [0.25, 0.3) is 0 Å². The van der Waals surface area contributed by atoms with Crippen LogP contribution in [-0.2, 0) is 9.59 Å². The zero-order valence-electron chi connectivity index (χ0n) is 15.8. The molecule has 25 heavy (non-hydrogen) atoms. The lowest BCUT2D eigenvalue weighted by Crippen LogP contribution is -1.94. The van der Waals surface area contributed by atoms with Crippen molar-refractivity contribution in [3.05, 3.63) is 0 Å². The van der Waals surface area contributed by atoms with Crippen LogP contribution in [0.15, 0.2) is 0 Å². The van der Waals surface area contributed by atoms with Crippen LogP contribution in [0.25, 0.3) is 0 Å². The SMILES string of the molecule is CCCCCC(=O)SCCCSSSCCCSC(=O)CCCCC. The molecule has 0 unspecified atom stereocenters. The van der Waals surface area contributed by atoms with Gasteiger partial charge in [-0.05, 0) is 35.5 Å². The lowest BCUT2D eigenvalue weighted by molar-refractivity contribution is -0.111. The van der Waals surface area contributed by atoms with Gasteiger partial charge < -0.3 is 0 Å². The summed E-state index contributed by atoms with van der Waals surface area (Å²) in [6, 6.07) is 0. The Morgan fingerprint density at radius 2 is 1.04 bits per heavy atom. The van der Waals surface area contributed by atoms with Crippen LogP contribution in [0.2, 0.25) is 0 Å². The fourth-order valence-electron chi connectivity index (χ4n) is 1.89. The van der Waals surface area contributed by atoms with Crippen molar-refractivity contribution in [2.45, 2.75) is 78.1 Å². The maximum absolute atomic E-state index is 11.6. The van der Waals surface area contributed by atoms with E-state index in [1.165, 1.54) is 49.2 Å². The molecular weight excluding hydrogens is 409 g/mol. The van der Waals surface area contributed by atoms with Crippen molar-refractivity contribution in [1.82, 2.24) is 0 Å². The van der Waals surface area contributed by atoms with Gasteiger partial charge in [0, 0.05) is 35.9 Å². The first-order chi connectivity index (χ1) is 12.2. The van der Waals surface area contributed by atoms with Crippen molar-refractivity contribution in [2.24, 2.45) is 0 Å². The van der Waals surface area contributed by atoms with Gasteiger partial charge in [0.1, 0.15) is 0 Å². The second-order valence-corrected chi connectivity index (χ2v) is 12.5. The van der Waals surface area contributed by atoms with E-state index in [1.807, 2.05) is 31.4 Å². The molecule has 0 spiro atoms. The Balaban J connectivity index is 3.18. The van der Waals surface area contributed by atoms with Gasteiger partial charge in [-0.2, -0.15) is 0 Å². The maximum Gasteiger partial charge on any atom is 0.188 e. The van der Waals surface area contributed by atoms with E-state index in [-0.39, 0.29) is 0 Å². The summed E-state index contributed by atoms with van der Waals surface area (Å²) >= 11 is 3.02. The van der Waals surface area contributed by atoms with Gasteiger partial charge in [-0.15, -0.1) is 0 Å². The number of thioether (sulfide) groups is 2. The zero-order valence-corrected chi connectivity index (χ0v) is 19.8. The van der Waals surface area contributed by atoms with E-state index >= 15 is 0 Å². The van der Waals surface area contributed by atoms with E-state index in [0.29, 0.717) is 10.2 Å². The lowest BCUT2D eigenvalue weighted by Gasteiger charge is -2.02. The third kappa shape index (κ3) is 21.2. The molecule has 0 saturated heterocycles. The van der Waals surface area contributed by atoms with Gasteiger partial charge in [-0.25, -0.2) is 0 Å².